The highest BCUT2D eigenvalue weighted by Gasteiger charge is 2.33. The second kappa shape index (κ2) is 6.67. The highest BCUT2D eigenvalue weighted by Crippen LogP contribution is 2.29. The highest BCUT2D eigenvalue weighted by molar-refractivity contribution is 7.89. The van der Waals surface area contributed by atoms with Gasteiger partial charge in [0.15, 0.2) is 0 Å². The predicted molar refractivity (Wildman–Crippen MR) is 89.0 cm³/mol. The van der Waals surface area contributed by atoms with Crippen molar-refractivity contribution >= 4 is 27.4 Å². The van der Waals surface area contributed by atoms with Crippen molar-refractivity contribution in [1.82, 2.24) is 19.1 Å². The smallest absolute Gasteiger partial charge is 0.246 e. The number of nitrogens with zero attached hydrogens (tertiary/aromatic N) is 4. The molecule has 0 spiro atoms. The Balaban J connectivity index is 1.87. The molecule has 0 aliphatic carbocycles. The average Bonchev–Trinajstić information content (AvgIpc) is 3.06. The number of aryl methyl sites for hydroxylation is 1. The van der Waals surface area contributed by atoms with Gasteiger partial charge in [0.2, 0.25) is 10.0 Å². The average molecular weight is 372 g/mol. The van der Waals surface area contributed by atoms with Crippen LogP contribution in [0.3, 0.4) is 0 Å². The molecule has 0 unspecified atom stereocenters. The number of nitrogens with two attached hydrogens (primary N) is 1. The number of nitrogen functional groups attached to an aromatic ring is 1. The fraction of sp³-hybridized carbons (Fsp3) is 0.429. The van der Waals surface area contributed by atoms with Gasteiger partial charge in [0.25, 0.3) is 0 Å². The summed E-state index contributed by atoms with van der Waals surface area (Å²) in [5.41, 5.74) is 6.57. The van der Waals surface area contributed by atoms with Gasteiger partial charge in [-0.1, -0.05) is 11.6 Å². The van der Waals surface area contributed by atoms with Crippen molar-refractivity contribution in [3.05, 3.63) is 35.2 Å². The van der Waals surface area contributed by atoms with Crippen molar-refractivity contribution < 1.29 is 13.2 Å². The Kier molecular flexibility index (Phi) is 4.77. The Morgan fingerprint density at radius 2 is 2.25 bits per heavy atom. The first kappa shape index (κ1) is 17.2. The number of halogens is 1. The summed E-state index contributed by atoms with van der Waals surface area (Å²) in [4.78, 5) is 3.74. The lowest BCUT2D eigenvalue weighted by Gasteiger charge is -2.31. The van der Waals surface area contributed by atoms with E-state index in [4.69, 9.17) is 22.1 Å². The Morgan fingerprint density at radius 1 is 1.46 bits per heavy atom. The van der Waals surface area contributed by atoms with Crippen LogP contribution >= 0.6 is 11.6 Å². The maximum Gasteiger partial charge on any atom is 0.246 e. The Bertz CT molecular complexity index is 839. The van der Waals surface area contributed by atoms with Gasteiger partial charge in [-0.15, -0.1) is 0 Å². The van der Waals surface area contributed by atoms with E-state index >= 15 is 0 Å². The van der Waals surface area contributed by atoms with Gasteiger partial charge in [0.05, 0.1) is 23.9 Å². The molecule has 0 radical (unpaired) electrons. The zero-order valence-corrected chi connectivity index (χ0v) is 14.7. The van der Waals surface area contributed by atoms with E-state index in [1.807, 2.05) is 13.1 Å². The summed E-state index contributed by atoms with van der Waals surface area (Å²) in [5.74, 6) is -0.0683. The van der Waals surface area contributed by atoms with Crippen molar-refractivity contribution in [3.8, 4) is 0 Å². The van der Waals surface area contributed by atoms with Crippen molar-refractivity contribution in [2.24, 2.45) is 0 Å². The number of rotatable bonds is 4. The van der Waals surface area contributed by atoms with Crippen LogP contribution in [-0.4, -0.2) is 47.2 Å². The second-order valence-electron chi connectivity index (χ2n) is 5.39. The van der Waals surface area contributed by atoms with E-state index in [-0.39, 0.29) is 41.5 Å². The van der Waals surface area contributed by atoms with Crippen LogP contribution in [-0.2, 0) is 21.3 Å². The molecule has 130 valence electrons. The van der Waals surface area contributed by atoms with Gasteiger partial charge in [-0.3, -0.25) is 4.68 Å². The van der Waals surface area contributed by atoms with Crippen LogP contribution in [0.4, 0.5) is 5.82 Å². The number of sulfonamides is 1. The normalized spacial score (nSPS) is 19.5. The molecule has 1 saturated heterocycles. The maximum absolute atomic E-state index is 12.9. The molecule has 0 bridgehead atoms. The number of ether oxygens (including phenoxy) is 1. The number of aromatic nitrogens is 3. The fourth-order valence-electron chi connectivity index (χ4n) is 2.54. The molecular formula is C14H18ClN5O3S. The number of pyridine rings is 1. The molecule has 2 N–H and O–H groups in total. The van der Waals surface area contributed by atoms with E-state index < -0.39 is 10.0 Å². The van der Waals surface area contributed by atoms with Crippen molar-refractivity contribution in [2.45, 2.75) is 24.5 Å². The summed E-state index contributed by atoms with van der Waals surface area (Å²) in [6.45, 7) is 3.43. The maximum atomic E-state index is 12.9. The lowest BCUT2D eigenvalue weighted by atomic mass is 10.2. The fourth-order valence-corrected chi connectivity index (χ4v) is 4.28. The number of anilines is 1. The predicted octanol–water partition coefficient (Wildman–Crippen LogP) is 1.30. The largest absolute Gasteiger partial charge is 0.383 e. The Morgan fingerprint density at radius 3 is 2.96 bits per heavy atom. The first-order valence-electron chi connectivity index (χ1n) is 7.47. The van der Waals surface area contributed by atoms with Gasteiger partial charge in [0.1, 0.15) is 10.7 Å². The van der Waals surface area contributed by atoms with E-state index in [1.165, 1.54) is 16.6 Å². The van der Waals surface area contributed by atoms with Crippen LogP contribution in [0, 0.1) is 0 Å². The van der Waals surface area contributed by atoms with Crippen LogP contribution in [0.1, 0.15) is 18.6 Å². The zero-order valence-electron chi connectivity index (χ0n) is 13.1. The molecule has 0 saturated carbocycles. The van der Waals surface area contributed by atoms with Crippen LogP contribution in [0.15, 0.2) is 29.6 Å². The third-order valence-corrected chi connectivity index (χ3v) is 5.95. The SMILES string of the molecule is CCn1cc([C@H]2CN(S(=O)(=O)c3cc(Cl)cnc3N)CCO2)cn1. The third-order valence-electron chi connectivity index (χ3n) is 3.84. The van der Waals surface area contributed by atoms with Gasteiger partial charge in [-0.2, -0.15) is 9.40 Å². The van der Waals surface area contributed by atoms with Gasteiger partial charge in [-0.25, -0.2) is 13.4 Å². The lowest BCUT2D eigenvalue weighted by molar-refractivity contribution is -0.00259. The zero-order chi connectivity index (χ0) is 17.3. The first-order chi connectivity index (χ1) is 11.4. The monoisotopic (exact) mass is 371 g/mol. The minimum atomic E-state index is -3.80. The standard InChI is InChI=1S/C14H18ClN5O3S/c1-2-19-8-10(6-18-19)12-9-20(3-4-23-12)24(21,22)13-5-11(15)7-17-14(13)16/h5-8,12H,2-4,9H2,1H3,(H2,16,17)/t12-/m1/s1. The summed E-state index contributed by atoms with van der Waals surface area (Å²) in [6.07, 6.45) is 4.49. The van der Waals surface area contributed by atoms with Gasteiger partial charge >= 0.3 is 0 Å². The second-order valence-corrected chi connectivity index (χ2v) is 7.73. The molecule has 1 aliphatic heterocycles. The summed E-state index contributed by atoms with van der Waals surface area (Å²) < 4.78 is 34.6. The van der Waals surface area contributed by atoms with E-state index in [1.54, 1.807) is 10.9 Å². The third kappa shape index (κ3) is 3.25. The molecular weight excluding hydrogens is 354 g/mol. The van der Waals surface area contributed by atoms with Gasteiger partial charge in [0, 0.05) is 37.6 Å². The summed E-state index contributed by atoms with van der Waals surface area (Å²) in [6, 6.07) is 1.32. The lowest BCUT2D eigenvalue weighted by Crippen LogP contribution is -2.42. The molecule has 2 aromatic rings. The Labute approximate surface area is 145 Å². The molecule has 2 aromatic heterocycles. The molecule has 8 nitrogen and oxygen atoms in total. The summed E-state index contributed by atoms with van der Waals surface area (Å²) in [7, 11) is -3.80. The van der Waals surface area contributed by atoms with Crippen LogP contribution in [0.5, 0.6) is 0 Å². The number of hydrogen-bond acceptors (Lipinski definition) is 6. The van der Waals surface area contributed by atoms with E-state index in [0.717, 1.165) is 12.1 Å². The van der Waals surface area contributed by atoms with E-state index in [0.29, 0.717) is 0 Å². The van der Waals surface area contributed by atoms with Crippen molar-refractivity contribution in [3.63, 3.8) is 0 Å². The van der Waals surface area contributed by atoms with Crippen molar-refractivity contribution in [1.29, 1.82) is 0 Å². The van der Waals surface area contributed by atoms with Gasteiger partial charge < -0.3 is 10.5 Å². The molecule has 1 aliphatic rings. The number of hydrogen-bond donors (Lipinski definition) is 1. The molecule has 10 heteroatoms. The molecule has 3 rings (SSSR count). The molecule has 0 amide bonds. The highest BCUT2D eigenvalue weighted by atomic mass is 35.5. The molecule has 3 heterocycles. The number of morpholine rings is 1. The summed E-state index contributed by atoms with van der Waals surface area (Å²) in [5, 5.41) is 4.42. The molecule has 1 atom stereocenters. The van der Waals surface area contributed by atoms with Crippen molar-refractivity contribution in [2.75, 3.05) is 25.4 Å². The summed E-state index contributed by atoms with van der Waals surface area (Å²) >= 11 is 5.87. The van der Waals surface area contributed by atoms with E-state index in [9.17, 15) is 8.42 Å². The molecule has 24 heavy (non-hydrogen) atoms. The molecule has 1 fully saturated rings. The minimum absolute atomic E-state index is 0.0683. The topological polar surface area (TPSA) is 103 Å². The van der Waals surface area contributed by atoms with Crippen LogP contribution in [0.2, 0.25) is 5.02 Å². The molecule has 0 aromatic carbocycles. The Hall–Kier alpha value is -1.68. The van der Waals surface area contributed by atoms with E-state index in [2.05, 4.69) is 10.1 Å². The van der Waals surface area contributed by atoms with Crippen LogP contribution < -0.4 is 5.73 Å². The minimum Gasteiger partial charge on any atom is -0.383 e. The van der Waals surface area contributed by atoms with Crippen LogP contribution in [0.25, 0.3) is 0 Å². The first-order valence-corrected chi connectivity index (χ1v) is 9.28. The quantitative estimate of drug-likeness (QED) is 0.868. The van der Waals surface area contributed by atoms with Gasteiger partial charge in [-0.05, 0) is 13.0 Å².